The number of primary amides is 1. The summed E-state index contributed by atoms with van der Waals surface area (Å²) in [6.07, 6.45) is -5.12. The third-order valence-corrected chi connectivity index (χ3v) is 4.07. The van der Waals surface area contributed by atoms with Crippen LogP contribution in [0.4, 0.5) is 10.2 Å². The maximum absolute atomic E-state index is 14.5. The highest BCUT2D eigenvalue weighted by Gasteiger charge is 2.56. The molecule has 1 aromatic rings. The molecule has 1 amide bonds. The van der Waals surface area contributed by atoms with Crippen LogP contribution >= 0.6 is 0 Å². The Kier molecular flexibility index (Phi) is 7.06. The molecule has 1 aliphatic heterocycles. The average molecular weight is 415 g/mol. The highest BCUT2D eigenvalue weighted by molar-refractivity contribution is 5.75. The van der Waals surface area contributed by atoms with Gasteiger partial charge in [0.15, 0.2) is 12.4 Å². The molecule has 158 valence electrons. The van der Waals surface area contributed by atoms with Crippen molar-refractivity contribution in [3.8, 4) is 0 Å². The molecular formula is C14H18FN7O7. The second-order valence-electron chi connectivity index (χ2n) is 6.03. The van der Waals surface area contributed by atoms with E-state index in [0.29, 0.717) is 4.57 Å². The third-order valence-electron chi connectivity index (χ3n) is 4.07. The number of ether oxygens (including phenoxy) is 2. The lowest BCUT2D eigenvalue weighted by atomic mass is 10.1. The quantitative estimate of drug-likeness (QED) is 0.148. The topological polar surface area (TPSA) is 215 Å². The molecule has 0 spiro atoms. The van der Waals surface area contributed by atoms with Crippen LogP contribution in [0.1, 0.15) is 12.6 Å². The van der Waals surface area contributed by atoms with Crippen molar-refractivity contribution in [3.63, 3.8) is 0 Å². The third kappa shape index (κ3) is 4.78. The van der Waals surface area contributed by atoms with Gasteiger partial charge in [0.2, 0.25) is 11.6 Å². The lowest BCUT2D eigenvalue weighted by Crippen LogP contribution is -2.43. The first-order valence-corrected chi connectivity index (χ1v) is 8.14. The van der Waals surface area contributed by atoms with Gasteiger partial charge in [-0.05, 0) is 11.6 Å². The Labute approximate surface area is 161 Å². The van der Waals surface area contributed by atoms with Gasteiger partial charge in [-0.2, -0.15) is 4.98 Å². The van der Waals surface area contributed by atoms with E-state index in [1.807, 2.05) is 0 Å². The summed E-state index contributed by atoms with van der Waals surface area (Å²) in [5.41, 5.74) is 10.4. The van der Waals surface area contributed by atoms with Crippen LogP contribution in [0.25, 0.3) is 10.4 Å². The highest BCUT2D eigenvalue weighted by Crippen LogP contribution is 2.39. The van der Waals surface area contributed by atoms with E-state index in [4.69, 9.17) is 16.0 Å². The zero-order chi connectivity index (χ0) is 21.6. The number of anilines is 1. The maximum atomic E-state index is 14.5. The van der Waals surface area contributed by atoms with Crippen molar-refractivity contribution in [1.29, 1.82) is 0 Å². The Morgan fingerprint density at radius 1 is 1.69 bits per heavy atom. The molecule has 0 bridgehead atoms. The number of alkyl halides is 1. The van der Waals surface area contributed by atoms with Crippen LogP contribution < -0.4 is 16.7 Å². The van der Waals surface area contributed by atoms with Crippen molar-refractivity contribution in [2.45, 2.75) is 36.7 Å². The van der Waals surface area contributed by atoms with E-state index in [-0.39, 0.29) is 25.3 Å². The fourth-order valence-corrected chi connectivity index (χ4v) is 2.73. The highest BCUT2D eigenvalue weighted by atomic mass is 19.1. The van der Waals surface area contributed by atoms with Crippen molar-refractivity contribution in [2.75, 3.05) is 18.5 Å². The molecule has 1 saturated heterocycles. The molecule has 1 aromatic heterocycles. The number of carbonyl (C=O) groups is 2. The zero-order valence-electron chi connectivity index (χ0n) is 14.8. The predicted octanol–water partition coefficient (Wildman–Crippen LogP) is -1.70. The summed E-state index contributed by atoms with van der Waals surface area (Å²) in [7, 11) is 0. The van der Waals surface area contributed by atoms with Crippen molar-refractivity contribution >= 4 is 18.2 Å². The normalized spacial score (nSPS) is 26.9. The van der Waals surface area contributed by atoms with Gasteiger partial charge < -0.3 is 30.7 Å². The number of halogens is 1. The molecule has 14 nitrogen and oxygen atoms in total. The Morgan fingerprint density at radius 2 is 2.41 bits per heavy atom. The SMILES string of the molecule is [N-]=[N+]=N[C@]1(CO)OC(n2ccc(N[C@H](COC=O)CC(N)=O)nc2=O)[C@@H](F)C1O. The molecular weight excluding hydrogens is 397 g/mol. The van der Waals surface area contributed by atoms with Crippen molar-refractivity contribution in [3.05, 3.63) is 33.2 Å². The number of hydrogen-bond acceptors (Lipinski definition) is 10. The van der Waals surface area contributed by atoms with Crippen LogP contribution in [0.2, 0.25) is 0 Å². The Morgan fingerprint density at radius 3 is 2.97 bits per heavy atom. The van der Waals surface area contributed by atoms with Gasteiger partial charge in [-0.25, -0.2) is 9.18 Å². The second-order valence-corrected chi connectivity index (χ2v) is 6.03. The first-order chi connectivity index (χ1) is 13.8. The van der Waals surface area contributed by atoms with Crippen LogP contribution in [-0.4, -0.2) is 69.4 Å². The zero-order valence-corrected chi connectivity index (χ0v) is 14.8. The smallest absolute Gasteiger partial charge is 0.351 e. The van der Waals surface area contributed by atoms with Gasteiger partial charge in [0.05, 0.1) is 12.6 Å². The van der Waals surface area contributed by atoms with Crippen LogP contribution in [0.5, 0.6) is 0 Å². The van der Waals surface area contributed by atoms with Crippen LogP contribution in [0, 0.1) is 0 Å². The van der Waals surface area contributed by atoms with E-state index in [2.05, 4.69) is 25.1 Å². The number of aromatic nitrogens is 2. The predicted molar refractivity (Wildman–Crippen MR) is 91.7 cm³/mol. The number of carbonyl (C=O) groups excluding carboxylic acids is 2. The molecule has 0 aliphatic carbocycles. The van der Waals surface area contributed by atoms with E-state index < -0.39 is 48.5 Å². The van der Waals surface area contributed by atoms with Gasteiger partial charge >= 0.3 is 5.69 Å². The number of nitrogens with two attached hydrogens (primary N) is 1. The fraction of sp³-hybridized carbons (Fsp3) is 0.571. The number of aliphatic hydroxyl groups is 2. The van der Waals surface area contributed by atoms with E-state index in [1.165, 1.54) is 6.07 Å². The van der Waals surface area contributed by atoms with Crippen LogP contribution in [-0.2, 0) is 19.1 Å². The minimum absolute atomic E-state index is 0.0376. The molecule has 0 aromatic carbocycles. The molecule has 1 fully saturated rings. The molecule has 2 heterocycles. The summed E-state index contributed by atoms with van der Waals surface area (Å²) in [5.74, 6) is -0.734. The molecule has 2 rings (SSSR count). The molecule has 2 unspecified atom stereocenters. The van der Waals surface area contributed by atoms with Gasteiger partial charge in [0, 0.05) is 17.5 Å². The lowest BCUT2D eigenvalue weighted by molar-refractivity contribution is -0.130. The number of azide groups is 1. The van der Waals surface area contributed by atoms with Gasteiger partial charge in [-0.15, -0.1) is 0 Å². The van der Waals surface area contributed by atoms with E-state index in [9.17, 15) is 29.0 Å². The maximum Gasteiger partial charge on any atom is 0.351 e. The summed E-state index contributed by atoms with van der Waals surface area (Å²) in [6, 6.07) is 0.455. The van der Waals surface area contributed by atoms with Crippen LogP contribution in [0.15, 0.2) is 22.2 Å². The first kappa shape index (κ1) is 22.0. The first-order valence-electron chi connectivity index (χ1n) is 8.14. The van der Waals surface area contributed by atoms with Crippen LogP contribution in [0.3, 0.4) is 0 Å². The van der Waals surface area contributed by atoms with Crippen molar-refractivity contribution < 1.29 is 33.7 Å². The summed E-state index contributed by atoms with van der Waals surface area (Å²) in [4.78, 5) is 39.8. The number of aliphatic hydroxyl groups excluding tert-OH is 2. The van der Waals surface area contributed by atoms with Gasteiger partial charge in [0.1, 0.15) is 18.5 Å². The molecule has 1 aliphatic rings. The minimum atomic E-state index is -2.30. The Hall–Kier alpha value is -3.26. The minimum Gasteiger partial charge on any atom is -0.466 e. The molecule has 0 radical (unpaired) electrons. The number of hydrogen-bond donors (Lipinski definition) is 4. The average Bonchev–Trinajstić information content (AvgIpc) is 2.92. The number of nitrogens with zero attached hydrogens (tertiary/aromatic N) is 5. The van der Waals surface area contributed by atoms with Crippen molar-refractivity contribution in [1.82, 2.24) is 9.55 Å². The summed E-state index contributed by atoms with van der Waals surface area (Å²) >= 11 is 0. The Bertz CT molecular complexity index is 861. The fourth-order valence-electron chi connectivity index (χ4n) is 2.73. The molecule has 5 N–H and O–H groups in total. The lowest BCUT2D eigenvalue weighted by Gasteiger charge is -2.23. The molecule has 0 saturated carbocycles. The summed E-state index contributed by atoms with van der Waals surface area (Å²) < 4.78 is 24.9. The monoisotopic (exact) mass is 415 g/mol. The number of nitrogens with one attached hydrogen (secondary N) is 1. The van der Waals surface area contributed by atoms with Gasteiger partial charge in [-0.3, -0.25) is 14.2 Å². The van der Waals surface area contributed by atoms with Gasteiger partial charge in [0.25, 0.3) is 6.47 Å². The van der Waals surface area contributed by atoms with E-state index in [1.54, 1.807) is 0 Å². The molecule has 5 atom stereocenters. The second kappa shape index (κ2) is 9.29. The summed E-state index contributed by atoms with van der Waals surface area (Å²) in [5, 5.41) is 25.1. The Balaban J connectivity index is 2.25. The molecule has 15 heteroatoms. The standard InChI is InChI=1S/C14H18FN7O7/c15-10-11(26)14(5-23,20-21-17)29-12(10)22-2-1-9(19-13(22)27)18-7(3-8(16)25)4-28-6-24/h1-2,6-7,10-12,23,26H,3-5H2,(H2,16,25)(H,18,19,27)/t7-,10-,11?,12?,14+/m0/s1. The van der Waals surface area contributed by atoms with Gasteiger partial charge in [-0.1, -0.05) is 5.11 Å². The summed E-state index contributed by atoms with van der Waals surface area (Å²) in [6.45, 7) is -1.09. The largest absolute Gasteiger partial charge is 0.466 e. The molecule has 29 heavy (non-hydrogen) atoms. The number of amides is 1. The van der Waals surface area contributed by atoms with E-state index in [0.717, 1.165) is 6.20 Å². The number of rotatable bonds is 10. The van der Waals surface area contributed by atoms with Crippen molar-refractivity contribution in [2.24, 2.45) is 10.8 Å². The van der Waals surface area contributed by atoms with E-state index >= 15 is 0 Å².